The van der Waals surface area contributed by atoms with Crippen LogP contribution in [0.4, 0.5) is 4.39 Å². The van der Waals surface area contributed by atoms with E-state index < -0.39 is 6.10 Å². The van der Waals surface area contributed by atoms with Crippen molar-refractivity contribution in [2.45, 2.75) is 19.6 Å². The van der Waals surface area contributed by atoms with Crippen LogP contribution >= 0.6 is 11.6 Å². The summed E-state index contributed by atoms with van der Waals surface area (Å²) in [6.07, 6.45) is -0.626. The molecule has 0 saturated carbocycles. The van der Waals surface area contributed by atoms with Gasteiger partial charge in [0.25, 0.3) is 0 Å². The molecule has 0 heterocycles. The van der Waals surface area contributed by atoms with E-state index in [1.54, 1.807) is 19.1 Å². The summed E-state index contributed by atoms with van der Waals surface area (Å²) in [5, 5.41) is 10.1. The van der Waals surface area contributed by atoms with Crippen LogP contribution in [-0.4, -0.2) is 5.11 Å². The van der Waals surface area contributed by atoms with Gasteiger partial charge in [-0.1, -0.05) is 29.8 Å². The first-order valence-corrected chi connectivity index (χ1v) is 6.29. The van der Waals surface area contributed by atoms with Gasteiger partial charge >= 0.3 is 0 Å². The molecule has 1 N–H and O–H groups in total. The number of para-hydroxylation sites is 1. The number of hydrogen-bond acceptors (Lipinski definition) is 2. The molecule has 1 atom stereocenters. The molecule has 0 aliphatic carbocycles. The predicted molar refractivity (Wildman–Crippen MR) is 72.8 cm³/mol. The third-order valence-electron chi connectivity index (χ3n) is 2.76. The maximum absolute atomic E-state index is 13.1. The third kappa shape index (κ3) is 3.46. The lowest BCUT2D eigenvalue weighted by Gasteiger charge is -2.13. The van der Waals surface area contributed by atoms with Crippen molar-refractivity contribution < 1.29 is 14.2 Å². The lowest BCUT2D eigenvalue weighted by atomic mass is 10.1. The molecule has 0 bridgehead atoms. The van der Waals surface area contributed by atoms with Gasteiger partial charge in [-0.25, -0.2) is 4.39 Å². The second kappa shape index (κ2) is 6.04. The van der Waals surface area contributed by atoms with E-state index in [2.05, 4.69) is 0 Å². The Hall–Kier alpha value is -1.58. The molecule has 2 aromatic rings. The van der Waals surface area contributed by atoms with Gasteiger partial charge in [-0.05, 0) is 31.2 Å². The Morgan fingerprint density at radius 1 is 1.26 bits per heavy atom. The summed E-state index contributed by atoms with van der Waals surface area (Å²) in [4.78, 5) is 0. The smallest absolute Gasteiger partial charge is 0.125 e. The largest absolute Gasteiger partial charge is 0.488 e. The monoisotopic (exact) mass is 280 g/mol. The van der Waals surface area contributed by atoms with Crippen LogP contribution < -0.4 is 4.74 Å². The fourth-order valence-electron chi connectivity index (χ4n) is 1.77. The molecule has 2 aromatic carbocycles. The van der Waals surface area contributed by atoms with Gasteiger partial charge < -0.3 is 9.84 Å². The average molecular weight is 281 g/mol. The molecule has 100 valence electrons. The standard InChI is InChI=1S/C15H14ClFO2/c1-10(18)13-4-2-3-5-15(13)19-9-11-8-12(17)6-7-14(11)16/h2-8,10,18H,9H2,1H3/t10-/m0/s1. The predicted octanol–water partition coefficient (Wildman–Crippen LogP) is 4.11. The molecular formula is C15H14ClFO2. The Morgan fingerprint density at radius 2 is 2.00 bits per heavy atom. The van der Waals surface area contributed by atoms with Crippen LogP contribution in [0.3, 0.4) is 0 Å². The van der Waals surface area contributed by atoms with Gasteiger partial charge in [0, 0.05) is 16.1 Å². The van der Waals surface area contributed by atoms with Crippen molar-refractivity contribution in [1.82, 2.24) is 0 Å². The molecule has 0 unspecified atom stereocenters. The van der Waals surface area contributed by atoms with E-state index in [0.717, 1.165) is 0 Å². The van der Waals surface area contributed by atoms with Gasteiger partial charge in [-0.2, -0.15) is 0 Å². The number of hydrogen-bond donors (Lipinski definition) is 1. The highest BCUT2D eigenvalue weighted by molar-refractivity contribution is 6.31. The lowest BCUT2D eigenvalue weighted by Crippen LogP contribution is -2.01. The molecule has 0 saturated heterocycles. The van der Waals surface area contributed by atoms with Crippen LogP contribution in [0, 0.1) is 5.82 Å². The van der Waals surface area contributed by atoms with E-state index in [0.29, 0.717) is 21.9 Å². The molecule has 0 aliphatic rings. The highest BCUT2D eigenvalue weighted by atomic mass is 35.5. The zero-order valence-corrected chi connectivity index (χ0v) is 11.2. The van der Waals surface area contributed by atoms with Crippen molar-refractivity contribution in [2.24, 2.45) is 0 Å². The fourth-order valence-corrected chi connectivity index (χ4v) is 1.94. The SMILES string of the molecule is C[C@H](O)c1ccccc1OCc1cc(F)ccc1Cl. The first-order chi connectivity index (χ1) is 9.08. The fraction of sp³-hybridized carbons (Fsp3) is 0.200. The summed E-state index contributed by atoms with van der Waals surface area (Å²) in [6.45, 7) is 1.82. The van der Waals surface area contributed by atoms with Crippen molar-refractivity contribution in [3.8, 4) is 5.75 Å². The normalized spacial score (nSPS) is 12.2. The van der Waals surface area contributed by atoms with Crippen molar-refractivity contribution in [2.75, 3.05) is 0 Å². The van der Waals surface area contributed by atoms with Gasteiger partial charge in [-0.15, -0.1) is 0 Å². The highest BCUT2D eigenvalue weighted by Gasteiger charge is 2.09. The van der Waals surface area contributed by atoms with Gasteiger partial charge in [0.05, 0.1) is 6.10 Å². The number of halogens is 2. The first-order valence-electron chi connectivity index (χ1n) is 5.91. The van der Waals surface area contributed by atoms with Gasteiger partial charge in [-0.3, -0.25) is 0 Å². The van der Waals surface area contributed by atoms with E-state index in [1.165, 1.54) is 18.2 Å². The Morgan fingerprint density at radius 3 is 2.74 bits per heavy atom. The summed E-state index contributed by atoms with van der Waals surface area (Å²) in [7, 11) is 0. The van der Waals surface area contributed by atoms with E-state index in [9.17, 15) is 9.50 Å². The summed E-state index contributed by atoms with van der Waals surface area (Å²) in [5.41, 5.74) is 1.26. The summed E-state index contributed by atoms with van der Waals surface area (Å²) in [6, 6.07) is 11.3. The average Bonchev–Trinajstić information content (AvgIpc) is 2.40. The zero-order chi connectivity index (χ0) is 13.8. The molecule has 0 aliphatic heterocycles. The number of benzene rings is 2. The number of aliphatic hydroxyl groups is 1. The minimum Gasteiger partial charge on any atom is -0.488 e. The molecule has 0 spiro atoms. The third-order valence-corrected chi connectivity index (χ3v) is 3.13. The van der Waals surface area contributed by atoms with Crippen LogP contribution in [-0.2, 0) is 6.61 Å². The van der Waals surface area contributed by atoms with Gasteiger partial charge in [0.15, 0.2) is 0 Å². The molecular weight excluding hydrogens is 267 g/mol. The van der Waals surface area contributed by atoms with Gasteiger partial charge in [0.1, 0.15) is 18.2 Å². The molecule has 4 heteroatoms. The molecule has 0 fully saturated rings. The van der Waals surface area contributed by atoms with E-state index >= 15 is 0 Å². The minimum absolute atomic E-state index is 0.153. The summed E-state index contributed by atoms with van der Waals surface area (Å²) < 4.78 is 18.7. The van der Waals surface area contributed by atoms with E-state index in [-0.39, 0.29) is 12.4 Å². The molecule has 2 nitrogen and oxygen atoms in total. The number of aliphatic hydroxyl groups excluding tert-OH is 1. The van der Waals surface area contributed by atoms with E-state index in [4.69, 9.17) is 16.3 Å². The minimum atomic E-state index is -0.626. The molecule has 19 heavy (non-hydrogen) atoms. The maximum Gasteiger partial charge on any atom is 0.125 e. The molecule has 0 aromatic heterocycles. The molecule has 2 rings (SSSR count). The Labute approximate surface area is 116 Å². The Balaban J connectivity index is 2.17. The van der Waals surface area contributed by atoms with E-state index in [1.807, 2.05) is 12.1 Å². The molecule has 0 radical (unpaired) electrons. The lowest BCUT2D eigenvalue weighted by molar-refractivity contribution is 0.190. The Kier molecular flexibility index (Phi) is 4.40. The van der Waals surface area contributed by atoms with Crippen LogP contribution in [0.5, 0.6) is 5.75 Å². The number of ether oxygens (including phenoxy) is 1. The summed E-state index contributed by atoms with van der Waals surface area (Å²) >= 11 is 5.97. The van der Waals surface area contributed by atoms with Crippen LogP contribution in [0.1, 0.15) is 24.2 Å². The zero-order valence-electron chi connectivity index (χ0n) is 10.4. The van der Waals surface area contributed by atoms with Crippen molar-refractivity contribution in [3.05, 3.63) is 64.4 Å². The van der Waals surface area contributed by atoms with Crippen molar-refractivity contribution in [3.63, 3.8) is 0 Å². The summed E-state index contributed by atoms with van der Waals surface area (Å²) in [5.74, 6) is 0.213. The maximum atomic E-state index is 13.1. The van der Waals surface area contributed by atoms with Crippen LogP contribution in [0.2, 0.25) is 5.02 Å². The van der Waals surface area contributed by atoms with Crippen LogP contribution in [0.15, 0.2) is 42.5 Å². The topological polar surface area (TPSA) is 29.5 Å². The Bertz CT molecular complexity index is 570. The van der Waals surface area contributed by atoms with Gasteiger partial charge in [0.2, 0.25) is 0 Å². The second-order valence-electron chi connectivity index (χ2n) is 4.24. The quantitative estimate of drug-likeness (QED) is 0.913. The number of rotatable bonds is 4. The van der Waals surface area contributed by atoms with Crippen LogP contribution in [0.25, 0.3) is 0 Å². The highest BCUT2D eigenvalue weighted by Crippen LogP contribution is 2.26. The van der Waals surface area contributed by atoms with Crippen molar-refractivity contribution >= 4 is 11.6 Å². The molecule has 0 amide bonds. The first kappa shape index (κ1) is 13.8. The second-order valence-corrected chi connectivity index (χ2v) is 4.65. The van der Waals surface area contributed by atoms with Crippen molar-refractivity contribution in [1.29, 1.82) is 0 Å².